The van der Waals surface area contributed by atoms with Gasteiger partial charge in [-0.2, -0.15) is 0 Å². The Balaban J connectivity index is 1.61. The van der Waals surface area contributed by atoms with E-state index in [1.54, 1.807) is 6.20 Å². The van der Waals surface area contributed by atoms with Gasteiger partial charge >= 0.3 is 0 Å². The summed E-state index contributed by atoms with van der Waals surface area (Å²) < 4.78 is 6.09. The molecule has 3 aromatic rings. The Kier molecular flexibility index (Phi) is 4.59. The molecule has 0 saturated heterocycles. The second-order valence-electron chi connectivity index (χ2n) is 6.58. The van der Waals surface area contributed by atoms with Crippen LogP contribution in [0.3, 0.4) is 0 Å². The van der Waals surface area contributed by atoms with Gasteiger partial charge in [-0.25, -0.2) is 0 Å². The minimum Gasteiger partial charge on any atom is -0.457 e. The molecule has 4 rings (SSSR count). The van der Waals surface area contributed by atoms with Crippen LogP contribution in [-0.4, -0.2) is 11.0 Å². The minimum atomic E-state index is -0.746. The number of hydrogen-bond acceptors (Lipinski definition) is 4. The molecule has 0 bridgehead atoms. The van der Waals surface area contributed by atoms with Crippen molar-refractivity contribution >= 4 is 0 Å². The van der Waals surface area contributed by atoms with Gasteiger partial charge in [0.2, 0.25) is 0 Å². The van der Waals surface area contributed by atoms with Crippen LogP contribution in [0.15, 0.2) is 97.2 Å². The molecule has 1 aliphatic rings. The van der Waals surface area contributed by atoms with Gasteiger partial charge < -0.3 is 16.2 Å². The lowest BCUT2D eigenvalue weighted by atomic mass is 9.81. The summed E-state index contributed by atoms with van der Waals surface area (Å²) in [7, 11) is 0. The molecule has 1 heterocycles. The molecule has 0 fully saturated rings. The maximum Gasteiger partial charge on any atom is 0.128 e. The quantitative estimate of drug-likeness (QED) is 0.737. The summed E-state index contributed by atoms with van der Waals surface area (Å²) in [5.41, 5.74) is 14.9. The van der Waals surface area contributed by atoms with Crippen LogP contribution in [0.25, 0.3) is 11.3 Å². The third-order valence-corrected chi connectivity index (χ3v) is 4.72. The molecule has 4 N–H and O–H groups in total. The summed E-state index contributed by atoms with van der Waals surface area (Å²) in [6.45, 7) is 0. The summed E-state index contributed by atoms with van der Waals surface area (Å²) in [4.78, 5) is 4.39. The summed E-state index contributed by atoms with van der Waals surface area (Å²) in [6, 6.07) is 21.2. The molecule has 0 saturated carbocycles. The number of benzene rings is 2. The lowest BCUT2D eigenvalue weighted by molar-refractivity contribution is 0.468. The zero-order valence-corrected chi connectivity index (χ0v) is 14.8. The largest absolute Gasteiger partial charge is 0.457 e. The Morgan fingerprint density at radius 1 is 0.889 bits per heavy atom. The molecule has 2 unspecified atom stereocenters. The number of nitrogens with two attached hydrogens (primary N) is 2. The van der Waals surface area contributed by atoms with Crippen molar-refractivity contribution in [2.45, 2.75) is 11.6 Å². The fourth-order valence-corrected chi connectivity index (χ4v) is 3.18. The molecule has 0 aliphatic heterocycles. The number of hydrogen-bond donors (Lipinski definition) is 2. The van der Waals surface area contributed by atoms with Crippen LogP contribution in [0, 0.1) is 0 Å². The number of nitrogens with zero attached hydrogens (tertiary/aromatic N) is 1. The molecule has 0 radical (unpaired) electrons. The molecular formula is C23H21N3O. The third-order valence-electron chi connectivity index (χ3n) is 4.72. The molecule has 1 aromatic heterocycles. The first-order valence-electron chi connectivity index (χ1n) is 8.85. The SMILES string of the molecule is NC1C=CC=CC1(N)c1cccc(Oc2cccc(-c3ccccn3)c2)c1. The van der Waals surface area contributed by atoms with E-state index in [2.05, 4.69) is 4.98 Å². The molecule has 134 valence electrons. The Hall–Kier alpha value is -3.21. The number of aromatic nitrogens is 1. The maximum atomic E-state index is 6.56. The number of pyridine rings is 1. The predicted octanol–water partition coefficient (Wildman–Crippen LogP) is 4.15. The zero-order chi connectivity index (χ0) is 18.7. The van der Waals surface area contributed by atoms with Crippen molar-refractivity contribution in [3.05, 3.63) is 103 Å². The lowest BCUT2D eigenvalue weighted by Gasteiger charge is -2.33. The Bertz CT molecular complexity index is 997. The van der Waals surface area contributed by atoms with E-state index in [4.69, 9.17) is 16.2 Å². The molecule has 27 heavy (non-hydrogen) atoms. The van der Waals surface area contributed by atoms with Crippen LogP contribution in [0.1, 0.15) is 5.56 Å². The van der Waals surface area contributed by atoms with Crippen molar-refractivity contribution in [3.63, 3.8) is 0 Å². The summed E-state index contributed by atoms with van der Waals surface area (Å²) >= 11 is 0. The monoisotopic (exact) mass is 355 g/mol. The van der Waals surface area contributed by atoms with Crippen LogP contribution < -0.4 is 16.2 Å². The van der Waals surface area contributed by atoms with Gasteiger partial charge in [-0.05, 0) is 42.0 Å². The summed E-state index contributed by atoms with van der Waals surface area (Å²) in [5, 5.41) is 0. The fraction of sp³-hybridized carbons (Fsp3) is 0.0870. The fourth-order valence-electron chi connectivity index (χ4n) is 3.18. The van der Waals surface area contributed by atoms with Gasteiger partial charge in [0.05, 0.1) is 11.2 Å². The van der Waals surface area contributed by atoms with E-state index in [0.29, 0.717) is 5.75 Å². The topological polar surface area (TPSA) is 74.2 Å². The van der Waals surface area contributed by atoms with Gasteiger partial charge in [-0.15, -0.1) is 0 Å². The van der Waals surface area contributed by atoms with Crippen molar-refractivity contribution in [2.24, 2.45) is 11.5 Å². The number of ether oxygens (including phenoxy) is 1. The van der Waals surface area contributed by atoms with Crippen molar-refractivity contribution in [3.8, 4) is 22.8 Å². The summed E-state index contributed by atoms with van der Waals surface area (Å²) in [5.74, 6) is 1.45. The highest BCUT2D eigenvalue weighted by atomic mass is 16.5. The Morgan fingerprint density at radius 2 is 1.70 bits per heavy atom. The normalized spacial score (nSPS) is 21.2. The van der Waals surface area contributed by atoms with Gasteiger partial charge in [-0.3, -0.25) is 4.98 Å². The smallest absolute Gasteiger partial charge is 0.128 e. The molecular weight excluding hydrogens is 334 g/mol. The highest BCUT2D eigenvalue weighted by Crippen LogP contribution is 2.31. The summed E-state index contributed by atoms with van der Waals surface area (Å²) in [6.07, 6.45) is 9.46. The van der Waals surface area contributed by atoms with Crippen LogP contribution >= 0.6 is 0 Å². The maximum absolute atomic E-state index is 6.56. The second-order valence-corrected chi connectivity index (χ2v) is 6.58. The van der Waals surface area contributed by atoms with Crippen molar-refractivity contribution in [1.82, 2.24) is 4.98 Å². The molecule has 4 nitrogen and oxygen atoms in total. The molecule has 0 amide bonds. The van der Waals surface area contributed by atoms with Gasteiger partial charge in [0.25, 0.3) is 0 Å². The van der Waals surface area contributed by atoms with Crippen molar-refractivity contribution < 1.29 is 4.74 Å². The van der Waals surface area contributed by atoms with E-state index in [9.17, 15) is 0 Å². The Morgan fingerprint density at radius 3 is 2.48 bits per heavy atom. The number of allylic oxidation sites excluding steroid dienone is 2. The van der Waals surface area contributed by atoms with Crippen LogP contribution in [0.5, 0.6) is 11.5 Å². The second kappa shape index (κ2) is 7.19. The first-order chi connectivity index (χ1) is 13.1. The van der Waals surface area contributed by atoms with Crippen molar-refractivity contribution in [1.29, 1.82) is 0 Å². The van der Waals surface area contributed by atoms with E-state index >= 15 is 0 Å². The van der Waals surface area contributed by atoms with Gasteiger partial charge in [0, 0.05) is 17.8 Å². The van der Waals surface area contributed by atoms with Gasteiger partial charge in [0.1, 0.15) is 11.5 Å². The first-order valence-corrected chi connectivity index (χ1v) is 8.85. The van der Waals surface area contributed by atoms with Crippen LogP contribution in [0.4, 0.5) is 0 Å². The third kappa shape index (κ3) is 3.53. The van der Waals surface area contributed by atoms with E-state index in [1.807, 2.05) is 91.0 Å². The number of rotatable bonds is 4. The molecule has 0 spiro atoms. The average molecular weight is 355 g/mol. The van der Waals surface area contributed by atoms with E-state index < -0.39 is 5.54 Å². The van der Waals surface area contributed by atoms with Crippen molar-refractivity contribution in [2.75, 3.05) is 0 Å². The van der Waals surface area contributed by atoms with Crippen LogP contribution in [0.2, 0.25) is 0 Å². The van der Waals surface area contributed by atoms with Gasteiger partial charge in [0.15, 0.2) is 0 Å². The minimum absolute atomic E-state index is 0.287. The average Bonchev–Trinajstić information content (AvgIpc) is 2.71. The standard InChI is InChI=1S/C23H21N3O/c24-22-12-1-3-13-23(22,25)18-8-6-10-20(16-18)27-19-9-5-7-17(15-19)21-11-2-4-14-26-21/h1-16,22H,24-25H2. The molecule has 4 heteroatoms. The molecule has 1 aliphatic carbocycles. The van der Waals surface area contributed by atoms with E-state index in [1.165, 1.54) is 0 Å². The Labute approximate surface area is 158 Å². The lowest BCUT2D eigenvalue weighted by Crippen LogP contribution is -2.50. The van der Waals surface area contributed by atoms with Gasteiger partial charge in [-0.1, -0.05) is 54.6 Å². The zero-order valence-electron chi connectivity index (χ0n) is 14.8. The first kappa shape index (κ1) is 17.2. The predicted molar refractivity (Wildman–Crippen MR) is 108 cm³/mol. The van der Waals surface area contributed by atoms with E-state index in [0.717, 1.165) is 22.6 Å². The highest BCUT2D eigenvalue weighted by molar-refractivity contribution is 5.61. The van der Waals surface area contributed by atoms with E-state index in [-0.39, 0.29) is 6.04 Å². The molecule has 2 aromatic carbocycles. The highest BCUT2D eigenvalue weighted by Gasteiger charge is 2.31. The molecule has 2 atom stereocenters. The van der Waals surface area contributed by atoms with Crippen LogP contribution in [-0.2, 0) is 5.54 Å².